The molecular formula is C25H25ClF2O2S. The van der Waals surface area contributed by atoms with Crippen LogP contribution in [-0.2, 0) is 11.2 Å². The second-order valence-corrected chi connectivity index (χ2v) is 8.94. The lowest BCUT2D eigenvalue weighted by Crippen LogP contribution is -2.24. The van der Waals surface area contributed by atoms with Gasteiger partial charge in [-0.1, -0.05) is 55.8 Å². The lowest BCUT2D eigenvalue weighted by atomic mass is 9.82. The molecule has 0 N–H and O–H groups in total. The van der Waals surface area contributed by atoms with E-state index in [1.807, 2.05) is 60.3 Å². The molecule has 0 spiro atoms. The predicted molar refractivity (Wildman–Crippen MR) is 125 cm³/mol. The van der Waals surface area contributed by atoms with Crippen LogP contribution in [0.3, 0.4) is 0 Å². The van der Waals surface area contributed by atoms with E-state index in [0.29, 0.717) is 10.8 Å². The highest BCUT2D eigenvalue weighted by atomic mass is 35.5. The molecule has 2 nitrogen and oxygen atoms in total. The molecule has 6 heteroatoms. The minimum absolute atomic E-state index is 0.0665. The van der Waals surface area contributed by atoms with Crippen molar-refractivity contribution in [2.45, 2.75) is 38.0 Å². The topological polar surface area (TPSA) is 18.5 Å². The molecule has 0 radical (unpaired) electrons. The van der Waals surface area contributed by atoms with E-state index in [-0.39, 0.29) is 11.2 Å². The van der Waals surface area contributed by atoms with E-state index in [2.05, 4.69) is 24.7 Å². The van der Waals surface area contributed by atoms with Gasteiger partial charge in [-0.05, 0) is 60.0 Å². The van der Waals surface area contributed by atoms with Gasteiger partial charge in [0, 0.05) is 21.9 Å². The van der Waals surface area contributed by atoms with Crippen molar-refractivity contribution in [1.29, 1.82) is 0 Å². The Morgan fingerprint density at radius 2 is 1.61 bits per heavy atom. The number of ether oxygens (including phenoxy) is 2. The molecule has 3 rings (SSSR count). The van der Waals surface area contributed by atoms with Crippen molar-refractivity contribution >= 4 is 23.4 Å². The number of hydrogen-bond donors (Lipinski definition) is 0. The van der Waals surface area contributed by atoms with Crippen LogP contribution in [0.25, 0.3) is 0 Å². The Labute approximate surface area is 191 Å². The third-order valence-electron chi connectivity index (χ3n) is 5.18. The van der Waals surface area contributed by atoms with Gasteiger partial charge in [0.05, 0.1) is 0 Å². The van der Waals surface area contributed by atoms with Crippen molar-refractivity contribution in [1.82, 2.24) is 0 Å². The first kappa shape index (κ1) is 23.4. The van der Waals surface area contributed by atoms with Crippen molar-refractivity contribution in [3.05, 3.63) is 88.9 Å². The van der Waals surface area contributed by atoms with E-state index >= 15 is 0 Å². The SMILES string of the molecule is CCC(C)(CSCc1cccc(Oc2cccc(Cl)c2)c1)c1ccc(OC(F)F)cc1. The summed E-state index contributed by atoms with van der Waals surface area (Å²) in [6.07, 6.45) is 0.937. The van der Waals surface area contributed by atoms with Crippen molar-refractivity contribution in [3.63, 3.8) is 0 Å². The Balaban J connectivity index is 1.60. The number of benzene rings is 3. The Morgan fingerprint density at radius 1 is 0.935 bits per heavy atom. The second kappa shape index (κ2) is 10.9. The average Bonchev–Trinajstić information content (AvgIpc) is 2.74. The standard InChI is InChI=1S/C25H25ClF2O2S/c1-3-25(2,19-10-12-21(13-11-19)30-24(27)28)17-31-16-18-6-4-8-22(14-18)29-23-9-5-7-20(26)15-23/h4-15,24H,3,16-17H2,1-2H3. The van der Waals surface area contributed by atoms with Gasteiger partial charge in [-0.2, -0.15) is 20.5 Å². The maximum Gasteiger partial charge on any atom is 0.387 e. The van der Waals surface area contributed by atoms with E-state index in [9.17, 15) is 8.78 Å². The Morgan fingerprint density at radius 3 is 2.26 bits per heavy atom. The summed E-state index contributed by atoms with van der Waals surface area (Å²) >= 11 is 7.86. The first-order valence-electron chi connectivity index (χ1n) is 10.0. The van der Waals surface area contributed by atoms with Gasteiger partial charge < -0.3 is 9.47 Å². The summed E-state index contributed by atoms with van der Waals surface area (Å²) in [7, 11) is 0. The van der Waals surface area contributed by atoms with Gasteiger partial charge in [-0.3, -0.25) is 0 Å². The van der Waals surface area contributed by atoms with Crippen LogP contribution in [-0.4, -0.2) is 12.4 Å². The van der Waals surface area contributed by atoms with Crippen molar-refractivity contribution in [3.8, 4) is 17.2 Å². The fraction of sp³-hybridized carbons (Fsp3) is 0.280. The van der Waals surface area contributed by atoms with Gasteiger partial charge in [0.1, 0.15) is 17.2 Å². The van der Waals surface area contributed by atoms with Crippen LogP contribution in [0.2, 0.25) is 5.02 Å². The molecule has 1 unspecified atom stereocenters. The third kappa shape index (κ3) is 6.88. The largest absolute Gasteiger partial charge is 0.457 e. The molecular weight excluding hydrogens is 438 g/mol. The molecule has 3 aromatic rings. The summed E-state index contributed by atoms with van der Waals surface area (Å²) in [5.74, 6) is 3.40. The minimum atomic E-state index is -2.81. The van der Waals surface area contributed by atoms with Gasteiger partial charge >= 0.3 is 6.61 Å². The Hall–Kier alpha value is -2.24. The average molecular weight is 463 g/mol. The lowest BCUT2D eigenvalue weighted by Gasteiger charge is -2.29. The zero-order valence-electron chi connectivity index (χ0n) is 17.5. The highest BCUT2D eigenvalue weighted by molar-refractivity contribution is 7.98. The summed E-state index contributed by atoms with van der Waals surface area (Å²) in [6, 6.07) is 22.3. The smallest absolute Gasteiger partial charge is 0.387 e. The minimum Gasteiger partial charge on any atom is -0.457 e. The summed E-state index contributed by atoms with van der Waals surface area (Å²) in [6.45, 7) is 1.53. The van der Waals surface area contributed by atoms with Gasteiger partial charge in [0.15, 0.2) is 0 Å². The zero-order chi connectivity index (χ0) is 22.3. The van der Waals surface area contributed by atoms with Crippen molar-refractivity contribution < 1.29 is 18.3 Å². The van der Waals surface area contributed by atoms with Crippen LogP contribution in [0.15, 0.2) is 72.8 Å². The van der Waals surface area contributed by atoms with Crippen LogP contribution in [0, 0.1) is 0 Å². The van der Waals surface area contributed by atoms with Crippen LogP contribution in [0.5, 0.6) is 17.2 Å². The van der Waals surface area contributed by atoms with Gasteiger partial charge in [0.25, 0.3) is 0 Å². The maximum absolute atomic E-state index is 12.4. The summed E-state index contributed by atoms with van der Waals surface area (Å²) in [5.41, 5.74) is 2.22. The maximum atomic E-state index is 12.4. The predicted octanol–water partition coefficient (Wildman–Crippen LogP) is 8.33. The van der Waals surface area contributed by atoms with Crippen LogP contribution in [0.4, 0.5) is 8.78 Å². The zero-order valence-corrected chi connectivity index (χ0v) is 19.1. The van der Waals surface area contributed by atoms with Gasteiger partial charge in [-0.25, -0.2) is 0 Å². The number of alkyl halides is 2. The molecule has 1 atom stereocenters. The van der Waals surface area contributed by atoms with E-state index in [1.54, 1.807) is 18.2 Å². The normalized spacial score (nSPS) is 13.1. The van der Waals surface area contributed by atoms with Crippen molar-refractivity contribution in [2.24, 2.45) is 0 Å². The molecule has 0 bridgehead atoms. The molecule has 0 aliphatic heterocycles. The monoisotopic (exact) mass is 462 g/mol. The van der Waals surface area contributed by atoms with Gasteiger partial charge in [0.2, 0.25) is 0 Å². The molecule has 0 fully saturated rings. The van der Waals surface area contributed by atoms with E-state index < -0.39 is 6.61 Å². The molecule has 0 aromatic heterocycles. The number of hydrogen-bond acceptors (Lipinski definition) is 3. The lowest BCUT2D eigenvalue weighted by molar-refractivity contribution is -0.0498. The Bertz CT molecular complexity index is 981. The first-order valence-corrected chi connectivity index (χ1v) is 11.6. The van der Waals surface area contributed by atoms with E-state index in [0.717, 1.165) is 29.2 Å². The van der Waals surface area contributed by atoms with E-state index in [1.165, 1.54) is 5.56 Å². The van der Waals surface area contributed by atoms with Crippen LogP contribution >= 0.6 is 23.4 Å². The number of halogens is 3. The molecule has 3 aromatic carbocycles. The Kier molecular flexibility index (Phi) is 8.22. The van der Waals surface area contributed by atoms with Crippen LogP contribution < -0.4 is 9.47 Å². The molecule has 164 valence electrons. The highest BCUT2D eigenvalue weighted by Gasteiger charge is 2.24. The highest BCUT2D eigenvalue weighted by Crippen LogP contribution is 2.34. The van der Waals surface area contributed by atoms with Crippen LogP contribution in [0.1, 0.15) is 31.4 Å². The van der Waals surface area contributed by atoms with Crippen molar-refractivity contribution in [2.75, 3.05) is 5.75 Å². The quantitative estimate of drug-likeness (QED) is 0.301. The first-order chi connectivity index (χ1) is 14.9. The summed E-state index contributed by atoms with van der Waals surface area (Å²) in [4.78, 5) is 0. The summed E-state index contributed by atoms with van der Waals surface area (Å²) < 4.78 is 35.1. The number of rotatable bonds is 10. The molecule has 0 saturated carbocycles. The fourth-order valence-electron chi connectivity index (χ4n) is 3.19. The molecule has 0 saturated heterocycles. The molecule has 0 amide bonds. The molecule has 0 aliphatic rings. The summed E-state index contributed by atoms with van der Waals surface area (Å²) in [5, 5.41) is 0.636. The third-order valence-corrected chi connectivity index (χ3v) is 6.79. The molecule has 0 aliphatic carbocycles. The van der Waals surface area contributed by atoms with Gasteiger partial charge in [-0.15, -0.1) is 0 Å². The fourth-order valence-corrected chi connectivity index (χ4v) is 4.71. The molecule has 31 heavy (non-hydrogen) atoms. The molecule has 0 heterocycles. The second-order valence-electron chi connectivity index (χ2n) is 7.52. The number of thioether (sulfide) groups is 1. The van der Waals surface area contributed by atoms with E-state index in [4.69, 9.17) is 16.3 Å².